The number of benzene rings is 2. The first-order chi connectivity index (χ1) is 13.4. The minimum absolute atomic E-state index is 0.110. The van der Waals surface area contributed by atoms with Gasteiger partial charge >= 0.3 is 0 Å². The monoisotopic (exact) mass is 399 g/mol. The summed E-state index contributed by atoms with van der Waals surface area (Å²) in [5, 5.41) is 6.31. The second-order valence-electron chi connectivity index (χ2n) is 6.15. The Morgan fingerprint density at radius 1 is 1.11 bits per heavy atom. The van der Waals surface area contributed by atoms with Crippen molar-refractivity contribution in [3.05, 3.63) is 76.1 Å². The van der Waals surface area contributed by atoms with Gasteiger partial charge in [-0.2, -0.15) is 5.10 Å². The molecular formula is C20H21N3O4S. The molecule has 146 valence electrons. The molecule has 28 heavy (non-hydrogen) atoms. The van der Waals surface area contributed by atoms with E-state index in [1.165, 1.54) is 6.07 Å². The van der Waals surface area contributed by atoms with Crippen LogP contribution in [0.15, 0.2) is 64.3 Å². The molecule has 7 nitrogen and oxygen atoms in total. The lowest BCUT2D eigenvalue weighted by Gasteiger charge is -2.13. The van der Waals surface area contributed by atoms with E-state index in [9.17, 15) is 13.2 Å². The van der Waals surface area contributed by atoms with Crippen molar-refractivity contribution in [2.75, 3.05) is 6.61 Å². The Labute approximate surface area is 163 Å². The van der Waals surface area contributed by atoms with E-state index in [0.717, 1.165) is 5.56 Å². The van der Waals surface area contributed by atoms with Crippen LogP contribution in [-0.2, 0) is 16.6 Å². The molecule has 0 atom stereocenters. The quantitative estimate of drug-likeness (QED) is 0.636. The van der Waals surface area contributed by atoms with Gasteiger partial charge in [0.1, 0.15) is 5.75 Å². The van der Waals surface area contributed by atoms with Gasteiger partial charge in [0.15, 0.2) is 0 Å². The molecule has 0 unspecified atom stereocenters. The van der Waals surface area contributed by atoms with Gasteiger partial charge in [0, 0.05) is 23.7 Å². The Balaban J connectivity index is 1.88. The molecule has 3 aromatic rings. The summed E-state index contributed by atoms with van der Waals surface area (Å²) >= 11 is 0. The predicted octanol–water partition coefficient (Wildman–Crippen LogP) is 2.62. The van der Waals surface area contributed by atoms with Crippen LogP contribution in [0, 0.1) is 6.92 Å². The van der Waals surface area contributed by atoms with Gasteiger partial charge in [-0.25, -0.2) is 18.2 Å². The van der Waals surface area contributed by atoms with Crippen LogP contribution >= 0.6 is 0 Å². The lowest BCUT2D eigenvalue weighted by Crippen LogP contribution is -2.24. The first-order valence-corrected chi connectivity index (χ1v) is 10.3. The average molecular weight is 399 g/mol. The van der Waals surface area contributed by atoms with E-state index in [1.807, 2.05) is 25.1 Å². The van der Waals surface area contributed by atoms with E-state index in [1.54, 1.807) is 37.3 Å². The number of aryl methyl sites for hydroxylation is 1. The van der Waals surface area contributed by atoms with Crippen molar-refractivity contribution < 1.29 is 13.2 Å². The lowest BCUT2D eigenvalue weighted by molar-refractivity contribution is 0.336. The van der Waals surface area contributed by atoms with Crippen molar-refractivity contribution in [3.63, 3.8) is 0 Å². The summed E-state index contributed by atoms with van der Waals surface area (Å²) in [6, 6.07) is 15.2. The number of aromatic amines is 1. The molecule has 1 heterocycles. The van der Waals surface area contributed by atoms with Crippen LogP contribution in [0.5, 0.6) is 5.75 Å². The maximum absolute atomic E-state index is 12.9. The molecule has 2 aromatic carbocycles. The average Bonchev–Trinajstić information content (AvgIpc) is 2.68. The van der Waals surface area contributed by atoms with Gasteiger partial charge < -0.3 is 4.74 Å². The third-order valence-electron chi connectivity index (χ3n) is 4.18. The Kier molecular flexibility index (Phi) is 5.91. The fourth-order valence-corrected chi connectivity index (χ4v) is 4.03. The van der Waals surface area contributed by atoms with Crippen LogP contribution in [0.4, 0.5) is 0 Å². The molecule has 0 bridgehead atoms. The second-order valence-corrected chi connectivity index (χ2v) is 7.89. The van der Waals surface area contributed by atoms with Gasteiger partial charge in [-0.1, -0.05) is 30.3 Å². The zero-order valence-electron chi connectivity index (χ0n) is 15.6. The molecule has 8 heteroatoms. The molecule has 0 saturated carbocycles. The first kappa shape index (κ1) is 19.8. The van der Waals surface area contributed by atoms with E-state index >= 15 is 0 Å². The molecule has 0 aliphatic rings. The number of aromatic nitrogens is 2. The van der Waals surface area contributed by atoms with Gasteiger partial charge in [0.05, 0.1) is 17.2 Å². The Bertz CT molecular complexity index is 1120. The summed E-state index contributed by atoms with van der Waals surface area (Å²) in [5.74, 6) is 0.649. The summed E-state index contributed by atoms with van der Waals surface area (Å²) in [4.78, 5) is 11.4. The highest BCUT2D eigenvalue weighted by Gasteiger charge is 2.18. The highest BCUT2D eigenvalue weighted by Crippen LogP contribution is 2.24. The van der Waals surface area contributed by atoms with Gasteiger partial charge in [0.25, 0.3) is 5.56 Å². The molecule has 0 aliphatic carbocycles. The highest BCUT2D eigenvalue weighted by molar-refractivity contribution is 7.89. The molecule has 2 N–H and O–H groups in total. The molecule has 1 aromatic heterocycles. The number of nitrogens with zero attached hydrogens (tertiary/aromatic N) is 1. The SMILES string of the molecule is CCOc1ccccc1CNS(=O)(=O)c1cc(-c2ccc(=O)[nH]n2)ccc1C. The zero-order chi connectivity index (χ0) is 20.1. The van der Waals surface area contributed by atoms with Gasteiger partial charge in [-0.05, 0) is 37.6 Å². The smallest absolute Gasteiger partial charge is 0.264 e. The van der Waals surface area contributed by atoms with Crippen LogP contribution < -0.4 is 15.0 Å². The molecular weight excluding hydrogens is 378 g/mol. The minimum Gasteiger partial charge on any atom is -0.494 e. The largest absolute Gasteiger partial charge is 0.494 e. The van der Waals surface area contributed by atoms with Gasteiger partial charge in [-0.15, -0.1) is 0 Å². The van der Waals surface area contributed by atoms with Crippen molar-refractivity contribution >= 4 is 10.0 Å². The van der Waals surface area contributed by atoms with Crippen molar-refractivity contribution in [2.45, 2.75) is 25.3 Å². The summed E-state index contributed by atoms with van der Waals surface area (Å²) in [5.41, 5.74) is 2.12. The Morgan fingerprint density at radius 3 is 2.61 bits per heavy atom. The first-order valence-electron chi connectivity index (χ1n) is 8.78. The predicted molar refractivity (Wildman–Crippen MR) is 107 cm³/mol. The molecule has 3 rings (SSSR count). The second kappa shape index (κ2) is 8.37. The van der Waals surface area contributed by atoms with Crippen LogP contribution in [0.3, 0.4) is 0 Å². The number of hydrogen-bond acceptors (Lipinski definition) is 5. The summed E-state index contributed by atoms with van der Waals surface area (Å²) in [6.07, 6.45) is 0. The Morgan fingerprint density at radius 2 is 1.89 bits per heavy atom. The number of para-hydroxylation sites is 1. The molecule has 0 amide bonds. The zero-order valence-corrected chi connectivity index (χ0v) is 16.4. The fraction of sp³-hybridized carbons (Fsp3) is 0.200. The number of nitrogens with one attached hydrogen (secondary N) is 2. The van der Waals surface area contributed by atoms with Crippen LogP contribution in [0.2, 0.25) is 0 Å². The van der Waals surface area contributed by atoms with E-state index in [-0.39, 0.29) is 17.0 Å². The fourth-order valence-electron chi connectivity index (χ4n) is 2.75. The van der Waals surface area contributed by atoms with Crippen LogP contribution in [0.1, 0.15) is 18.1 Å². The number of hydrogen-bond donors (Lipinski definition) is 2. The number of H-pyrrole nitrogens is 1. The third kappa shape index (κ3) is 4.47. The van der Waals surface area contributed by atoms with Crippen molar-refractivity contribution in [1.82, 2.24) is 14.9 Å². The molecule has 0 spiro atoms. The normalized spacial score (nSPS) is 11.4. The van der Waals surface area contributed by atoms with Crippen molar-refractivity contribution in [3.8, 4) is 17.0 Å². The molecule has 0 saturated heterocycles. The standard InChI is InChI=1S/C20H21N3O4S/c1-3-27-18-7-5-4-6-16(18)13-21-28(25,26)19-12-15(9-8-14(19)2)17-10-11-20(24)23-22-17/h4-12,21H,3,13H2,1-2H3,(H,23,24). The van der Waals surface area contributed by atoms with E-state index in [0.29, 0.717) is 29.2 Å². The van der Waals surface area contributed by atoms with Gasteiger partial charge in [-0.3, -0.25) is 4.79 Å². The maximum Gasteiger partial charge on any atom is 0.264 e. The van der Waals surface area contributed by atoms with Gasteiger partial charge in [0.2, 0.25) is 10.0 Å². The molecule has 0 fully saturated rings. The van der Waals surface area contributed by atoms with E-state index in [2.05, 4.69) is 14.9 Å². The van der Waals surface area contributed by atoms with Crippen LogP contribution in [0.25, 0.3) is 11.3 Å². The number of sulfonamides is 1. The lowest BCUT2D eigenvalue weighted by atomic mass is 10.1. The summed E-state index contributed by atoms with van der Waals surface area (Å²) in [6.45, 7) is 4.21. The maximum atomic E-state index is 12.9. The third-order valence-corrected chi connectivity index (χ3v) is 5.72. The Hall–Kier alpha value is -2.97. The van der Waals surface area contributed by atoms with Crippen molar-refractivity contribution in [1.29, 1.82) is 0 Å². The topological polar surface area (TPSA) is 101 Å². The van der Waals surface area contributed by atoms with E-state index in [4.69, 9.17) is 4.74 Å². The summed E-state index contributed by atoms with van der Waals surface area (Å²) < 4.78 is 34.0. The van der Waals surface area contributed by atoms with Crippen molar-refractivity contribution in [2.24, 2.45) is 0 Å². The highest BCUT2D eigenvalue weighted by atomic mass is 32.2. The summed E-state index contributed by atoms with van der Waals surface area (Å²) in [7, 11) is -3.76. The molecule has 0 radical (unpaired) electrons. The van der Waals surface area contributed by atoms with Crippen LogP contribution in [-0.4, -0.2) is 25.2 Å². The number of rotatable bonds is 7. The minimum atomic E-state index is -3.76. The number of ether oxygens (including phenoxy) is 1. The van der Waals surface area contributed by atoms with E-state index < -0.39 is 10.0 Å². The molecule has 0 aliphatic heterocycles.